The number of carbonyl (C=O) groups is 3. The van der Waals surface area contributed by atoms with Crippen LogP contribution in [0.25, 0.3) is 0 Å². The summed E-state index contributed by atoms with van der Waals surface area (Å²) in [4.78, 5) is 37.6. The first kappa shape index (κ1) is 26.0. The lowest BCUT2D eigenvalue weighted by atomic mass is 9.80. The van der Waals surface area contributed by atoms with Gasteiger partial charge in [0.05, 0.1) is 25.0 Å². The molecule has 0 aromatic carbocycles. The minimum Gasteiger partial charge on any atom is -0.457 e. The van der Waals surface area contributed by atoms with Crippen LogP contribution in [0.4, 0.5) is 0 Å². The first-order valence-electron chi connectivity index (χ1n) is 11.1. The molecule has 8 nitrogen and oxygen atoms in total. The molecule has 5 unspecified atom stereocenters. The number of allylic oxidation sites excluding steroid dienone is 2. The number of hydrogen-bond acceptors (Lipinski definition) is 8. The number of ether oxygens (including phenoxy) is 4. The SMILES string of the molecule is CC=C(C)C(=O)OC1C(OCC)C(C=O)=CCCC(CO)=CC2OC(=O)C(COCC)C21. The van der Waals surface area contributed by atoms with Crippen LogP contribution in [0.5, 0.6) is 0 Å². The lowest BCUT2D eigenvalue weighted by Crippen LogP contribution is -2.47. The van der Waals surface area contributed by atoms with Gasteiger partial charge in [-0.15, -0.1) is 0 Å². The van der Waals surface area contributed by atoms with Gasteiger partial charge in [0.15, 0.2) is 0 Å². The summed E-state index contributed by atoms with van der Waals surface area (Å²) >= 11 is 0. The fraction of sp³-hybridized carbons (Fsp3) is 0.625. The average Bonchev–Trinajstić information content (AvgIpc) is 3.10. The number of esters is 2. The Bertz CT molecular complexity index is 766. The zero-order valence-corrected chi connectivity index (χ0v) is 19.2. The Balaban J connectivity index is 2.64. The van der Waals surface area contributed by atoms with E-state index in [1.54, 1.807) is 39.0 Å². The van der Waals surface area contributed by atoms with E-state index >= 15 is 0 Å². The van der Waals surface area contributed by atoms with Gasteiger partial charge in [0.1, 0.15) is 24.6 Å². The molecule has 1 aliphatic carbocycles. The molecule has 32 heavy (non-hydrogen) atoms. The normalized spacial score (nSPS) is 28.8. The summed E-state index contributed by atoms with van der Waals surface area (Å²) in [6.45, 7) is 7.49. The van der Waals surface area contributed by atoms with Gasteiger partial charge in [0.25, 0.3) is 0 Å². The molecule has 0 radical (unpaired) electrons. The van der Waals surface area contributed by atoms with Crippen LogP contribution in [0.1, 0.15) is 40.5 Å². The van der Waals surface area contributed by atoms with Gasteiger partial charge in [0, 0.05) is 24.4 Å². The summed E-state index contributed by atoms with van der Waals surface area (Å²) in [6.07, 6.45) is 4.13. The van der Waals surface area contributed by atoms with E-state index in [0.717, 1.165) is 0 Å². The van der Waals surface area contributed by atoms with Crippen LogP contribution in [0, 0.1) is 11.8 Å². The largest absolute Gasteiger partial charge is 0.457 e. The summed E-state index contributed by atoms with van der Waals surface area (Å²) in [5.41, 5.74) is 1.40. The molecule has 0 spiro atoms. The molecule has 5 atom stereocenters. The van der Waals surface area contributed by atoms with Crippen molar-refractivity contribution in [3.05, 3.63) is 34.9 Å². The molecule has 1 heterocycles. The molecule has 178 valence electrons. The minimum absolute atomic E-state index is 0.0778. The Morgan fingerprint density at radius 3 is 2.66 bits per heavy atom. The van der Waals surface area contributed by atoms with Crippen molar-refractivity contribution in [3.63, 3.8) is 0 Å². The third-order valence-corrected chi connectivity index (χ3v) is 5.84. The maximum atomic E-state index is 12.8. The molecule has 0 bridgehead atoms. The number of rotatable bonds is 9. The van der Waals surface area contributed by atoms with Gasteiger partial charge in [-0.05, 0) is 52.2 Å². The van der Waals surface area contributed by atoms with Gasteiger partial charge < -0.3 is 24.1 Å². The van der Waals surface area contributed by atoms with Crippen LogP contribution in [0.3, 0.4) is 0 Å². The highest BCUT2D eigenvalue weighted by Gasteiger charge is 2.52. The van der Waals surface area contributed by atoms with Crippen LogP contribution in [-0.2, 0) is 33.3 Å². The molecule has 2 aliphatic rings. The van der Waals surface area contributed by atoms with Crippen LogP contribution < -0.4 is 0 Å². The topological polar surface area (TPSA) is 108 Å². The van der Waals surface area contributed by atoms with E-state index in [4.69, 9.17) is 18.9 Å². The molecule has 0 aromatic rings. The van der Waals surface area contributed by atoms with Crippen molar-refractivity contribution in [2.24, 2.45) is 11.8 Å². The van der Waals surface area contributed by atoms with Gasteiger partial charge in [-0.25, -0.2) is 4.79 Å². The zero-order valence-electron chi connectivity index (χ0n) is 19.2. The second kappa shape index (κ2) is 12.7. The van der Waals surface area contributed by atoms with E-state index in [2.05, 4.69) is 0 Å². The molecule has 1 fully saturated rings. The molecule has 1 aliphatic heterocycles. The fourth-order valence-corrected chi connectivity index (χ4v) is 4.01. The lowest BCUT2D eigenvalue weighted by molar-refractivity contribution is -0.159. The lowest BCUT2D eigenvalue weighted by Gasteiger charge is -2.35. The minimum atomic E-state index is -0.981. The predicted octanol–water partition coefficient (Wildman–Crippen LogP) is 2.30. The Morgan fingerprint density at radius 2 is 2.06 bits per heavy atom. The van der Waals surface area contributed by atoms with Crippen LogP contribution in [0.2, 0.25) is 0 Å². The smallest absolute Gasteiger partial charge is 0.333 e. The van der Waals surface area contributed by atoms with Gasteiger partial charge in [-0.2, -0.15) is 0 Å². The second-order valence-electron chi connectivity index (χ2n) is 7.81. The molecule has 0 amide bonds. The monoisotopic (exact) mass is 450 g/mol. The van der Waals surface area contributed by atoms with E-state index < -0.39 is 42.1 Å². The summed E-state index contributed by atoms with van der Waals surface area (Å²) in [5, 5.41) is 9.80. The summed E-state index contributed by atoms with van der Waals surface area (Å²) in [5.74, 6) is -2.43. The number of aliphatic hydroxyl groups excluding tert-OH is 1. The van der Waals surface area contributed by atoms with Crippen molar-refractivity contribution in [1.29, 1.82) is 0 Å². The van der Waals surface area contributed by atoms with Crippen molar-refractivity contribution in [3.8, 4) is 0 Å². The van der Waals surface area contributed by atoms with E-state index in [9.17, 15) is 19.5 Å². The Labute approximate surface area is 189 Å². The zero-order chi connectivity index (χ0) is 23.7. The van der Waals surface area contributed by atoms with Crippen molar-refractivity contribution >= 4 is 18.2 Å². The maximum Gasteiger partial charge on any atom is 0.333 e. The Kier molecular flexibility index (Phi) is 10.3. The number of carbonyl (C=O) groups excluding carboxylic acids is 3. The maximum absolute atomic E-state index is 12.8. The quantitative estimate of drug-likeness (QED) is 0.247. The first-order valence-corrected chi connectivity index (χ1v) is 11.1. The highest BCUT2D eigenvalue weighted by Crippen LogP contribution is 2.39. The predicted molar refractivity (Wildman–Crippen MR) is 117 cm³/mol. The number of aliphatic hydroxyl groups is 1. The highest BCUT2D eigenvalue weighted by molar-refractivity contribution is 5.88. The third-order valence-electron chi connectivity index (χ3n) is 5.84. The van der Waals surface area contributed by atoms with E-state index in [-0.39, 0.29) is 19.8 Å². The van der Waals surface area contributed by atoms with Gasteiger partial charge >= 0.3 is 11.9 Å². The number of fused-ring (bicyclic) bond motifs is 1. The van der Waals surface area contributed by atoms with Gasteiger partial charge in [-0.3, -0.25) is 9.59 Å². The molecular weight excluding hydrogens is 416 g/mol. The van der Waals surface area contributed by atoms with Gasteiger partial charge in [-0.1, -0.05) is 12.2 Å². The van der Waals surface area contributed by atoms with E-state index in [1.165, 1.54) is 0 Å². The fourth-order valence-electron chi connectivity index (χ4n) is 4.01. The molecule has 0 aromatic heterocycles. The van der Waals surface area contributed by atoms with Crippen LogP contribution in [-0.4, -0.2) is 68.1 Å². The van der Waals surface area contributed by atoms with Crippen LogP contribution in [0.15, 0.2) is 34.9 Å². The Hall–Kier alpha value is -2.29. The van der Waals surface area contributed by atoms with Crippen molar-refractivity contribution in [2.45, 2.75) is 58.8 Å². The molecule has 1 saturated heterocycles. The first-order chi connectivity index (χ1) is 15.4. The summed E-state index contributed by atoms with van der Waals surface area (Å²) in [6, 6.07) is 0. The third kappa shape index (κ3) is 6.15. The standard InChI is InChI=1S/C24H34O8/c1-5-15(4)23(27)32-22-20-18(14-29-6-2)24(28)31-19(20)11-16(12-25)9-8-10-17(13-26)21(22)30-7-3/h5,10-11,13,18-22,25H,6-9,12,14H2,1-4H3. The van der Waals surface area contributed by atoms with Crippen molar-refractivity contribution < 1.29 is 38.4 Å². The van der Waals surface area contributed by atoms with E-state index in [1.807, 2.05) is 6.92 Å². The van der Waals surface area contributed by atoms with E-state index in [0.29, 0.717) is 42.5 Å². The molecule has 8 heteroatoms. The molecule has 1 N–H and O–H groups in total. The molecular formula is C24H34O8. The number of aldehydes is 1. The van der Waals surface area contributed by atoms with Gasteiger partial charge in [0.2, 0.25) is 0 Å². The second-order valence-corrected chi connectivity index (χ2v) is 7.81. The van der Waals surface area contributed by atoms with Crippen LogP contribution >= 0.6 is 0 Å². The van der Waals surface area contributed by atoms with Crippen molar-refractivity contribution in [2.75, 3.05) is 26.4 Å². The number of hydrogen-bond donors (Lipinski definition) is 1. The molecule has 2 rings (SSSR count). The molecule has 0 saturated carbocycles. The Morgan fingerprint density at radius 1 is 1.31 bits per heavy atom. The highest BCUT2D eigenvalue weighted by atomic mass is 16.6. The summed E-state index contributed by atoms with van der Waals surface area (Å²) < 4.78 is 23.0. The average molecular weight is 451 g/mol. The van der Waals surface area contributed by atoms with Crippen molar-refractivity contribution in [1.82, 2.24) is 0 Å². The summed E-state index contributed by atoms with van der Waals surface area (Å²) in [7, 11) is 0.